The molecule has 1 aromatic carbocycles. The molecule has 0 bridgehead atoms. The van der Waals surface area contributed by atoms with Crippen molar-refractivity contribution in [3.8, 4) is 0 Å². The Hall–Kier alpha value is -1.40. The number of aliphatic hydroxyl groups excluding tert-OH is 1. The van der Waals surface area contributed by atoms with Gasteiger partial charge in [0, 0.05) is 17.5 Å². The van der Waals surface area contributed by atoms with E-state index in [2.05, 4.69) is 0 Å². The number of anilines is 1. The van der Waals surface area contributed by atoms with Gasteiger partial charge in [-0.3, -0.25) is 4.79 Å². The number of rotatable bonds is 4. The summed E-state index contributed by atoms with van der Waals surface area (Å²) in [4.78, 5) is 11.8. The Morgan fingerprint density at radius 3 is 2.56 bits per heavy atom. The van der Waals surface area contributed by atoms with Gasteiger partial charge >= 0.3 is 0 Å². The zero-order valence-corrected chi connectivity index (χ0v) is 9.57. The molecule has 0 spiro atoms. The first-order chi connectivity index (χ1) is 7.36. The summed E-state index contributed by atoms with van der Waals surface area (Å²) in [6, 6.07) is 5.99. The number of ketones is 1. The van der Waals surface area contributed by atoms with Crippen molar-refractivity contribution >= 4 is 21.3 Å². The summed E-state index contributed by atoms with van der Waals surface area (Å²) in [6.07, 6.45) is 0.915. The maximum absolute atomic E-state index is 11.8. The summed E-state index contributed by atoms with van der Waals surface area (Å²) in [7, 11) is -3.62. The minimum atomic E-state index is -3.62. The lowest BCUT2D eigenvalue weighted by Gasteiger charge is -2.11. The Kier molecular flexibility index (Phi) is 3.66. The molecule has 0 aliphatic rings. The topological polar surface area (TPSA) is 97.5 Å². The van der Waals surface area contributed by atoms with Crippen LogP contribution in [-0.4, -0.2) is 37.4 Å². The maximum Gasteiger partial charge on any atom is 0.183 e. The number of nitrogens with two attached hydrogens (primary N) is 1. The molecule has 5 nitrogen and oxygen atoms in total. The average Bonchev–Trinajstić information content (AvgIpc) is 2.16. The van der Waals surface area contributed by atoms with Gasteiger partial charge in [-0.05, 0) is 12.1 Å². The van der Waals surface area contributed by atoms with Crippen LogP contribution in [0.5, 0.6) is 0 Å². The third kappa shape index (κ3) is 2.80. The van der Waals surface area contributed by atoms with E-state index in [0.29, 0.717) is 5.69 Å². The normalized spacial score (nSPS) is 13.4. The van der Waals surface area contributed by atoms with Crippen molar-refractivity contribution in [2.75, 3.05) is 18.6 Å². The SMILES string of the molecule is CS(=O)(=O)[C@@H](CO)C(=O)c1cccc(N)c1. The Labute approximate surface area is 93.8 Å². The fourth-order valence-corrected chi connectivity index (χ4v) is 2.09. The van der Waals surface area contributed by atoms with Crippen LogP contribution in [0, 0.1) is 0 Å². The summed E-state index contributed by atoms with van der Waals surface area (Å²) in [6.45, 7) is -0.730. The van der Waals surface area contributed by atoms with Gasteiger partial charge in [-0.25, -0.2) is 8.42 Å². The molecule has 88 valence electrons. The van der Waals surface area contributed by atoms with E-state index in [1.165, 1.54) is 12.1 Å². The molecule has 6 heteroatoms. The second-order valence-electron chi connectivity index (χ2n) is 3.49. The van der Waals surface area contributed by atoms with Gasteiger partial charge in [0.05, 0.1) is 6.61 Å². The third-order valence-electron chi connectivity index (χ3n) is 2.15. The molecule has 1 atom stereocenters. The van der Waals surface area contributed by atoms with Crippen molar-refractivity contribution in [1.82, 2.24) is 0 Å². The van der Waals surface area contributed by atoms with E-state index in [1.54, 1.807) is 12.1 Å². The van der Waals surface area contributed by atoms with Gasteiger partial charge in [-0.15, -0.1) is 0 Å². The quantitative estimate of drug-likeness (QED) is 0.566. The Bertz CT molecular complexity index is 495. The van der Waals surface area contributed by atoms with Crippen LogP contribution in [0.3, 0.4) is 0 Å². The van der Waals surface area contributed by atoms with E-state index < -0.39 is 27.5 Å². The number of benzene rings is 1. The van der Waals surface area contributed by atoms with E-state index in [-0.39, 0.29) is 5.56 Å². The van der Waals surface area contributed by atoms with Crippen LogP contribution in [0.2, 0.25) is 0 Å². The zero-order chi connectivity index (χ0) is 12.3. The lowest BCUT2D eigenvalue weighted by atomic mass is 10.1. The maximum atomic E-state index is 11.8. The molecule has 1 aromatic rings. The van der Waals surface area contributed by atoms with Crippen LogP contribution >= 0.6 is 0 Å². The highest BCUT2D eigenvalue weighted by molar-refractivity contribution is 7.92. The van der Waals surface area contributed by atoms with Gasteiger partial charge in [-0.1, -0.05) is 12.1 Å². The molecule has 0 fully saturated rings. The van der Waals surface area contributed by atoms with Gasteiger partial charge in [0.2, 0.25) is 0 Å². The summed E-state index contributed by atoms with van der Waals surface area (Å²) >= 11 is 0. The van der Waals surface area contributed by atoms with Gasteiger partial charge in [-0.2, -0.15) is 0 Å². The van der Waals surface area contributed by atoms with E-state index in [4.69, 9.17) is 10.8 Å². The van der Waals surface area contributed by atoms with Gasteiger partial charge in [0.1, 0.15) is 5.25 Å². The number of hydrogen-bond acceptors (Lipinski definition) is 5. The summed E-state index contributed by atoms with van der Waals surface area (Å²) in [5.74, 6) is -0.641. The predicted octanol–water partition coefficient (Wildman–Crippen LogP) is -0.143. The first kappa shape index (κ1) is 12.7. The van der Waals surface area contributed by atoms with Crippen LogP contribution in [0.15, 0.2) is 24.3 Å². The molecule has 0 radical (unpaired) electrons. The first-order valence-corrected chi connectivity index (χ1v) is 6.51. The van der Waals surface area contributed by atoms with E-state index in [0.717, 1.165) is 6.26 Å². The number of Topliss-reactive ketones (excluding diaryl/α,β-unsaturated/α-hetero) is 1. The second kappa shape index (κ2) is 4.63. The fourth-order valence-electron chi connectivity index (χ4n) is 1.29. The molecule has 1 rings (SSSR count). The molecule has 0 saturated heterocycles. The smallest absolute Gasteiger partial charge is 0.183 e. The molecule has 0 heterocycles. The van der Waals surface area contributed by atoms with E-state index >= 15 is 0 Å². The number of carbonyl (C=O) groups is 1. The van der Waals surface area contributed by atoms with Crippen molar-refractivity contribution in [1.29, 1.82) is 0 Å². The van der Waals surface area contributed by atoms with Gasteiger partial charge in [0.25, 0.3) is 0 Å². The lowest BCUT2D eigenvalue weighted by Crippen LogP contribution is -2.33. The number of sulfone groups is 1. The van der Waals surface area contributed by atoms with Crippen LogP contribution in [0.25, 0.3) is 0 Å². The van der Waals surface area contributed by atoms with Gasteiger partial charge < -0.3 is 10.8 Å². The molecular weight excluding hydrogens is 230 g/mol. The van der Waals surface area contributed by atoms with Crippen molar-refractivity contribution in [2.45, 2.75) is 5.25 Å². The molecule has 0 aromatic heterocycles. The monoisotopic (exact) mass is 243 g/mol. The molecular formula is C10H13NO4S. The molecule has 0 aliphatic carbocycles. The number of nitrogen functional groups attached to an aromatic ring is 1. The molecule has 0 aliphatic heterocycles. The van der Waals surface area contributed by atoms with Crippen LogP contribution in [-0.2, 0) is 9.84 Å². The summed E-state index contributed by atoms with van der Waals surface area (Å²) in [5, 5.41) is 7.51. The molecule has 0 amide bonds. The highest BCUT2D eigenvalue weighted by Gasteiger charge is 2.28. The zero-order valence-electron chi connectivity index (χ0n) is 8.75. The minimum Gasteiger partial charge on any atom is -0.399 e. The van der Waals surface area contributed by atoms with Gasteiger partial charge in [0.15, 0.2) is 15.6 Å². The van der Waals surface area contributed by atoms with Crippen LogP contribution < -0.4 is 5.73 Å². The third-order valence-corrected chi connectivity index (χ3v) is 3.54. The number of carbonyl (C=O) groups excluding carboxylic acids is 1. The van der Waals surface area contributed by atoms with Crippen molar-refractivity contribution in [2.24, 2.45) is 0 Å². The highest BCUT2D eigenvalue weighted by atomic mass is 32.2. The number of aliphatic hydroxyl groups is 1. The van der Waals surface area contributed by atoms with E-state index in [9.17, 15) is 13.2 Å². The standard InChI is InChI=1S/C10H13NO4S/c1-16(14,15)9(6-12)10(13)7-3-2-4-8(11)5-7/h2-5,9,12H,6,11H2,1H3/t9-/m0/s1. The molecule has 3 N–H and O–H groups in total. The lowest BCUT2D eigenvalue weighted by molar-refractivity contribution is 0.0962. The summed E-state index contributed by atoms with van der Waals surface area (Å²) < 4.78 is 22.5. The average molecular weight is 243 g/mol. The van der Waals surface area contributed by atoms with Crippen molar-refractivity contribution < 1.29 is 18.3 Å². The van der Waals surface area contributed by atoms with E-state index in [1.807, 2.05) is 0 Å². The highest BCUT2D eigenvalue weighted by Crippen LogP contribution is 2.12. The second-order valence-corrected chi connectivity index (χ2v) is 5.72. The molecule has 0 unspecified atom stereocenters. The minimum absolute atomic E-state index is 0.185. The molecule has 0 saturated carbocycles. The largest absolute Gasteiger partial charge is 0.399 e. The fraction of sp³-hybridized carbons (Fsp3) is 0.300. The number of hydrogen-bond donors (Lipinski definition) is 2. The first-order valence-electron chi connectivity index (χ1n) is 4.55. The Morgan fingerprint density at radius 1 is 1.50 bits per heavy atom. The Morgan fingerprint density at radius 2 is 2.12 bits per heavy atom. The molecule has 16 heavy (non-hydrogen) atoms. The summed E-state index contributed by atoms with van der Waals surface area (Å²) in [5.41, 5.74) is 6.04. The van der Waals surface area contributed by atoms with Crippen LogP contribution in [0.1, 0.15) is 10.4 Å². The van der Waals surface area contributed by atoms with Crippen molar-refractivity contribution in [3.63, 3.8) is 0 Å². The van der Waals surface area contributed by atoms with Crippen LogP contribution in [0.4, 0.5) is 5.69 Å². The predicted molar refractivity (Wildman–Crippen MR) is 60.9 cm³/mol. The Balaban J connectivity index is 3.11. The van der Waals surface area contributed by atoms with Crippen molar-refractivity contribution in [3.05, 3.63) is 29.8 Å².